The molecule has 0 saturated carbocycles. The van der Waals surface area contributed by atoms with Crippen molar-refractivity contribution in [3.05, 3.63) is 92.1 Å². The number of halogens is 12. The third-order valence-electron chi connectivity index (χ3n) is 12.1. The van der Waals surface area contributed by atoms with E-state index in [9.17, 15) is 40.7 Å². The summed E-state index contributed by atoms with van der Waals surface area (Å²) in [5.41, 5.74) is -2.44. The van der Waals surface area contributed by atoms with Crippen LogP contribution < -0.4 is 29.6 Å². The topological polar surface area (TPSA) is 148 Å². The molecule has 0 aliphatic carbocycles. The summed E-state index contributed by atoms with van der Waals surface area (Å²) in [4.78, 5) is 52.3. The first-order valence-electron chi connectivity index (χ1n) is 21.0. The normalized spacial score (nSPS) is 21.6. The fraction of sp³-hybridized carbons (Fsp3) is 0.523. The zero-order valence-corrected chi connectivity index (χ0v) is 47.5. The first-order chi connectivity index (χ1) is 32.3. The monoisotopic (exact) mass is 1240 g/mol. The van der Waals surface area contributed by atoms with Crippen molar-refractivity contribution >= 4 is 120 Å². The van der Waals surface area contributed by atoms with Crippen LogP contribution in [0.4, 0.5) is 26.3 Å². The molecule has 3 radical (unpaired) electrons. The number of hydrazine groups is 1. The number of amides is 2. The van der Waals surface area contributed by atoms with E-state index < -0.39 is 70.4 Å². The van der Waals surface area contributed by atoms with Crippen molar-refractivity contribution in [2.75, 3.05) is 31.4 Å². The summed E-state index contributed by atoms with van der Waals surface area (Å²) in [6.07, 6.45) is 7.85. The number of hydrazone groups is 1. The second-order valence-electron chi connectivity index (χ2n) is 15.8. The van der Waals surface area contributed by atoms with Crippen molar-refractivity contribution in [2.45, 2.75) is 96.6 Å². The van der Waals surface area contributed by atoms with E-state index >= 15 is 0 Å². The molecule has 375 valence electrons. The van der Waals surface area contributed by atoms with Crippen LogP contribution in [0.3, 0.4) is 0 Å². The van der Waals surface area contributed by atoms with E-state index in [4.69, 9.17) is 46.6 Å². The van der Waals surface area contributed by atoms with Crippen LogP contribution in [0, 0.1) is 28.1 Å². The molecule has 6 unspecified atom stereocenters. The summed E-state index contributed by atoms with van der Waals surface area (Å²) < 4.78 is 80.9. The summed E-state index contributed by atoms with van der Waals surface area (Å²) in [5, 5.41) is 13.6. The molecule has 12 nitrogen and oxygen atoms in total. The van der Waals surface area contributed by atoms with E-state index in [0.29, 0.717) is 18.9 Å². The average molecular weight is 1240 g/mol. The van der Waals surface area contributed by atoms with Gasteiger partial charge in [-0.2, -0.15) is 5.10 Å². The molecule has 2 fully saturated rings. The maximum atomic E-state index is 13.5. The van der Waals surface area contributed by atoms with Crippen molar-refractivity contribution in [1.29, 1.82) is 5.26 Å². The number of rotatable bonds is 13. The maximum absolute atomic E-state index is 13.5. The molecular formula is C44H48BBr3Cl3F6N9NaO3. The Bertz CT molecular complexity index is 2240. The van der Waals surface area contributed by atoms with Gasteiger partial charge in [-0.05, 0) is 133 Å². The van der Waals surface area contributed by atoms with Crippen molar-refractivity contribution in [3.8, 4) is 0 Å². The van der Waals surface area contributed by atoms with Crippen LogP contribution in [0.2, 0.25) is 0 Å². The Kier molecular flexibility index (Phi) is 29.0. The van der Waals surface area contributed by atoms with E-state index in [1.807, 2.05) is 18.5 Å². The number of aromatic nitrogens is 3. The minimum atomic E-state index is -2.85. The Morgan fingerprint density at radius 3 is 1.67 bits per heavy atom. The van der Waals surface area contributed by atoms with Gasteiger partial charge < -0.3 is 11.8 Å². The molecular weight excluding hydrogens is 1200 g/mol. The zero-order chi connectivity index (χ0) is 51.0. The Labute approximate surface area is 468 Å². The number of fused-ring (bicyclic) bond motifs is 1. The van der Waals surface area contributed by atoms with E-state index in [2.05, 4.69) is 78.9 Å². The quantitative estimate of drug-likeness (QED) is 0.0543. The number of alkyl halides is 8. The van der Waals surface area contributed by atoms with Crippen molar-refractivity contribution in [3.63, 3.8) is 0 Å². The van der Waals surface area contributed by atoms with Crippen LogP contribution in [0.15, 0.2) is 78.9 Å². The molecule has 0 spiro atoms. The molecule has 3 aromatic rings. The molecule has 7 heterocycles. The SMILES string of the molecule is Brc1cncc(C2CC=NC2)c1.CCC(CCl)(C(=O)Cl)C(F)F.CCC(CCl)(C(=O)N1N=CCC1c1cncc(Br)c1)C(F)F.CCC1(C(F)F)CN2CCC(c3cncc(Br)c3)N2C1=O.[B].[C-]#N.[Na+]. The van der Waals surface area contributed by atoms with Crippen LogP contribution >= 0.6 is 82.6 Å². The number of hydrogen-bond acceptors (Lipinski definition) is 10. The summed E-state index contributed by atoms with van der Waals surface area (Å²) in [7, 11) is 0. The van der Waals surface area contributed by atoms with E-state index in [1.54, 1.807) is 55.2 Å². The number of hydrogen-bond donors (Lipinski definition) is 0. The molecule has 7 rings (SSSR count). The predicted octanol–water partition coefficient (Wildman–Crippen LogP) is 8.79. The van der Waals surface area contributed by atoms with E-state index in [1.165, 1.54) is 24.4 Å². The van der Waals surface area contributed by atoms with Crippen LogP contribution in [-0.2, 0) is 14.4 Å². The van der Waals surface area contributed by atoms with E-state index in [-0.39, 0.29) is 69.8 Å². The largest absolute Gasteiger partial charge is 1.00 e. The van der Waals surface area contributed by atoms with Crippen LogP contribution in [-0.4, -0.2) is 119 Å². The van der Waals surface area contributed by atoms with Crippen LogP contribution in [0.5, 0.6) is 0 Å². The molecule has 3 aromatic heterocycles. The molecule has 6 atom stereocenters. The first kappa shape index (κ1) is 65.8. The van der Waals surface area contributed by atoms with Crippen molar-refractivity contribution < 1.29 is 70.3 Å². The van der Waals surface area contributed by atoms with Gasteiger partial charge in [-0.15, -0.1) is 23.2 Å². The van der Waals surface area contributed by atoms with Crippen molar-refractivity contribution in [1.82, 2.24) is 30.0 Å². The summed E-state index contributed by atoms with van der Waals surface area (Å²) >= 11 is 26.0. The second kappa shape index (κ2) is 30.9. The molecule has 2 amide bonds. The smallest absolute Gasteiger partial charge is 0.512 e. The number of pyridine rings is 3. The van der Waals surface area contributed by atoms with Gasteiger partial charge >= 0.3 is 29.6 Å². The molecule has 26 heteroatoms. The fourth-order valence-electron chi connectivity index (χ4n) is 7.53. The zero-order valence-electron chi connectivity index (χ0n) is 38.5. The van der Waals surface area contributed by atoms with Gasteiger partial charge in [0.1, 0.15) is 16.2 Å². The molecule has 70 heavy (non-hydrogen) atoms. The third-order valence-corrected chi connectivity index (χ3v) is 14.7. The molecule has 0 N–H and O–H groups in total. The van der Waals surface area contributed by atoms with Gasteiger partial charge in [0.25, 0.3) is 31.1 Å². The van der Waals surface area contributed by atoms with Gasteiger partial charge in [0.05, 0.1) is 12.1 Å². The Hall–Kier alpha value is -2.20. The van der Waals surface area contributed by atoms with Gasteiger partial charge in [0, 0.05) is 109 Å². The summed E-state index contributed by atoms with van der Waals surface area (Å²) in [6.45, 7) is 11.0. The first-order valence-corrected chi connectivity index (χ1v) is 24.8. The number of carbonyl (C=O) groups is 3. The molecule has 4 aliphatic heterocycles. The second-order valence-corrected chi connectivity index (χ2v) is 19.4. The number of carbonyl (C=O) groups excluding carboxylic acids is 3. The van der Waals surface area contributed by atoms with Crippen LogP contribution in [0.25, 0.3) is 0 Å². The predicted molar refractivity (Wildman–Crippen MR) is 264 cm³/mol. The number of aliphatic imine (C=N–C) groups is 1. The van der Waals surface area contributed by atoms with Crippen LogP contribution in [0.1, 0.15) is 94.0 Å². The Morgan fingerprint density at radius 1 is 0.800 bits per heavy atom. The standard InChI is InChI=1S/C14H15BrClF2N3O.C14H16BrF2N3O.C9H9BrN2.C6H8Cl2F2O.CN.B.Na/c1-2-14(8-16,12(17)18)13(22)21-11(3-4-20-21)9-5-10(15)7-19-6-9;1-2-14(12(16)17)8-19-4-3-11(20(19)13(14)21)9-5-10(15)7-18-6-9;10-9-3-8(5-12-6-9)7-1-2-11-4-7;1-2-6(3-7,4(8)11)5(9)10;1-2;;/h4-7,11-12H,2-3,8H2,1H3;5-7,11-12H,2-4,8H2,1H3;2-3,5-7H,1,4H2;5H,2-3H2,1H3;;;/q;;;;-1;;+1. The van der Waals surface area contributed by atoms with Gasteiger partial charge in [-0.1, -0.05) is 20.8 Å². The molecule has 2 saturated heterocycles. The maximum Gasteiger partial charge on any atom is 1.00 e. The molecule has 4 aliphatic rings. The van der Waals surface area contributed by atoms with Gasteiger partial charge in [-0.3, -0.25) is 39.3 Å². The Balaban J connectivity index is 0.000000475. The summed E-state index contributed by atoms with van der Waals surface area (Å²) in [6, 6.07) is 5.17. The molecule has 0 bridgehead atoms. The van der Waals surface area contributed by atoms with E-state index in [0.717, 1.165) is 48.9 Å². The van der Waals surface area contributed by atoms with Gasteiger partial charge in [-0.25, -0.2) is 36.4 Å². The third kappa shape index (κ3) is 15.4. The Morgan fingerprint density at radius 2 is 1.29 bits per heavy atom. The number of nitrogens with zero attached hydrogens (tertiary/aromatic N) is 9. The summed E-state index contributed by atoms with van der Waals surface area (Å²) in [5.74, 6) is -1.55. The fourth-order valence-corrected chi connectivity index (χ4v) is 9.88. The average Bonchev–Trinajstić information content (AvgIpc) is 4.16. The minimum absolute atomic E-state index is 0. The minimum Gasteiger partial charge on any atom is -0.512 e. The van der Waals surface area contributed by atoms with Gasteiger partial charge in [0.2, 0.25) is 5.24 Å². The molecule has 0 aromatic carbocycles. The van der Waals surface area contributed by atoms with Gasteiger partial charge in [0.15, 0.2) is 0 Å². The van der Waals surface area contributed by atoms with Crippen molar-refractivity contribution in [2.24, 2.45) is 26.3 Å².